The Balaban J connectivity index is 1.11. The lowest BCUT2D eigenvalue weighted by Gasteiger charge is -2.35. The number of benzene rings is 2. The number of carbonyl (C=O) groups excluding carboxylic acids is 1. The number of anilines is 1. The molecule has 0 aliphatic carbocycles. The summed E-state index contributed by atoms with van der Waals surface area (Å²) in [6, 6.07) is 15.5. The molecule has 2 aromatic carbocycles. The molecule has 0 atom stereocenters. The predicted molar refractivity (Wildman–Crippen MR) is 143 cm³/mol. The Morgan fingerprint density at radius 3 is 2.51 bits per heavy atom. The Labute approximate surface area is 224 Å². The number of rotatable bonds is 5. The van der Waals surface area contributed by atoms with Crippen molar-refractivity contribution in [3.8, 4) is 11.3 Å². The van der Waals surface area contributed by atoms with Crippen molar-refractivity contribution in [2.45, 2.75) is 19.3 Å². The van der Waals surface area contributed by atoms with Crippen molar-refractivity contribution in [2.24, 2.45) is 4.99 Å². The third kappa shape index (κ3) is 5.32. The lowest BCUT2D eigenvalue weighted by atomic mass is 10.0. The maximum Gasteiger partial charge on any atom is 0.416 e. The normalized spacial score (nSPS) is 17.6. The van der Waals surface area contributed by atoms with Crippen LogP contribution in [0.3, 0.4) is 0 Å². The number of alkyl halides is 3. The van der Waals surface area contributed by atoms with Crippen LogP contribution in [-0.2, 0) is 24.1 Å². The Bertz CT molecular complexity index is 1420. The van der Waals surface area contributed by atoms with E-state index in [4.69, 9.17) is 0 Å². The van der Waals surface area contributed by atoms with Gasteiger partial charge >= 0.3 is 6.18 Å². The molecule has 11 heteroatoms. The molecular formula is C28H28F3N7O. The highest BCUT2D eigenvalue weighted by Gasteiger charge is 2.34. The third-order valence-electron chi connectivity index (χ3n) is 7.21. The smallest absolute Gasteiger partial charge is 0.297 e. The molecule has 0 unspecified atom stereocenters. The summed E-state index contributed by atoms with van der Waals surface area (Å²) < 4.78 is 41.5. The molecule has 3 aliphatic heterocycles. The van der Waals surface area contributed by atoms with E-state index >= 15 is 0 Å². The van der Waals surface area contributed by atoms with Crippen molar-refractivity contribution < 1.29 is 18.0 Å². The van der Waals surface area contributed by atoms with Crippen molar-refractivity contribution >= 4 is 23.9 Å². The molecule has 0 radical (unpaired) electrons. The Kier molecular flexibility index (Phi) is 6.69. The van der Waals surface area contributed by atoms with Crippen LogP contribution in [0.25, 0.3) is 17.5 Å². The van der Waals surface area contributed by atoms with E-state index in [1.807, 2.05) is 29.2 Å². The quantitative estimate of drug-likeness (QED) is 0.540. The molecule has 6 rings (SSSR count). The van der Waals surface area contributed by atoms with Crippen LogP contribution < -0.4 is 10.2 Å². The molecule has 1 amide bonds. The highest BCUT2D eigenvalue weighted by atomic mass is 19.4. The number of hydrogen-bond donors (Lipinski definition) is 1. The van der Waals surface area contributed by atoms with Crippen LogP contribution in [0.2, 0.25) is 0 Å². The first-order valence-electron chi connectivity index (χ1n) is 12.9. The van der Waals surface area contributed by atoms with Gasteiger partial charge in [0, 0.05) is 56.6 Å². The van der Waals surface area contributed by atoms with Crippen LogP contribution >= 0.6 is 0 Å². The first kappa shape index (κ1) is 25.3. The number of hydrogen-bond acceptors (Lipinski definition) is 6. The number of nitrogens with zero attached hydrogens (tertiary/aromatic N) is 6. The SMILES string of the molecule is O=C(CN1CCN(Cc2ccccc2)CC1)NC1=NCc2c(-c3cccc(C(F)(F)F)c3)nn3c2N1CC=C3. The number of aliphatic imine (C=N–C) groups is 1. The van der Waals surface area contributed by atoms with Crippen LogP contribution in [0.15, 0.2) is 65.7 Å². The zero-order valence-corrected chi connectivity index (χ0v) is 21.2. The highest BCUT2D eigenvalue weighted by Crippen LogP contribution is 2.38. The Morgan fingerprint density at radius 2 is 1.74 bits per heavy atom. The van der Waals surface area contributed by atoms with Crippen LogP contribution in [0.5, 0.6) is 0 Å². The van der Waals surface area contributed by atoms with Crippen molar-refractivity contribution in [1.82, 2.24) is 24.9 Å². The van der Waals surface area contributed by atoms with Gasteiger partial charge in [0.15, 0.2) is 0 Å². The molecule has 4 heterocycles. The van der Waals surface area contributed by atoms with Gasteiger partial charge in [0.2, 0.25) is 11.9 Å². The highest BCUT2D eigenvalue weighted by molar-refractivity contribution is 6.08. The second-order valence-electron chi connectivity index (χ2n) is 9.90. The molecule has 8 nitrogen and oxygen atoms in total. The Morgan fingerprint density at radius 1 is 0.974 bits per heavy atom. The summed E-state index contributed by atoms with van der Waals surface area (Å²) >= 11 is 0. The second-order valence-corrected chi connectivity index (χ2v) is 9.90. The fourth-order valence-electron chi connectivity index (χ4n) is 5.26. The molecule has 3 aliphatic rings. The number of guanidine groups is 1. The van der Waals surface area contributed by atoms with Gasteiger partial charge in [0.05, 0.1) is 18.7 Å². The van der Waals surface area contributed by atoms with Crippen LogP contribution in [0.4, 0.5) is 19.0 Å². The zero-order valence-electron chi connectivity index (χ0n) is 21.2. The first-order chi connectivity index (χ1) is 18.8. The van der Waals surface area contributed by atoms with Gasteiger partial charge in [-0.1, -0.05) is 42.5 Å². The molecule has 0 bridgehead atoms. The van der Waals surface area contributed by atoms with E-state index in [0.717, 1.165) is 50.4 Å². The maximum atomic E-state index is 13.3. The molecule has 1 fully saturated rings. The average molecular weight is 536 g/mol. The third-order valence-corrected chi connectivity index (χ3v) is 7.21. The van der Waals surface area contributed by atoms with Crippen molar-refractivity contribution in [2.75, 3.05) is 44.2 Å². The van der Waals surface area contributed by atoms with Crippen molar-refractivity contribution in [3.63, 3.8) is 0 Å². The molecule has 1 saturated heterocycles. The summed E-state index contributed by atoms with van der Waals surface area (Å²) in [7, 11) is 0. The average Bonchev–Trinajstić information content (AvgIpc) is 3.31. The number of amides is 1. The molecular weight excluding hydrogens is 507 g/mol. The van der Waals surface area contributed by atoms with Crippen LogP contribution in [0, 0.1) is 0 Å². The van der Waals surface area contributed by atoms with Gasteiger partial charge in [-0.2, -0.15) is 18.3 Å². The fraction of sp³-hybridized carbons (Fsp3) is 0.321. The van der Waals surface area contributed by atoms with E-state index in [2.05, 4.69) is 37.3 Å². The van der Waals surface area contributed by atoms with E-state index in [0.29, 0.717) is 29.6 Å². The van der Waals surface area contributed by atoms with Gasteiger partial charge in [-0.15, -0.1) is 0 Å². The lowest BCUT2D eigenvalue weighted by molar-refractivity contribution is -0.137. The monoisotopic (exact) mass is 535 g/mol. The zero-order chi connectivity index (χ0) is 27.0. The topological polar surface area (TPSA) is 69.0 Å². The maximum absolute atomic E-state index is 13.3. The van der Waals surface area contributed by atoms with E-state index in [-0.39, 0.29) is 19.0 Å². The molecule has 202 valence electrons. The van der Waals surface area contributed by atoms with Crippen LogP contribution in [0.1, 0.15) is 16.7 Å². The van der Waals surface area contributed by atoms with Gasteiger partial charge in [0.25, 0.3) is 0 Å². The summed E-state index contributed by atoms with van der Waals surface area (Å²) in [5.41, 5.74) is 2.12. The minimum atomic E-state index is -4.44. The van der Waals surface area contributed by atoms with E-state index < -0.39 is 11.7 Å². The fourth-order valence-corrected chi connectivity index (χ4v) is 5.26. The summed E-state index contributed by atoms with van der Waals surface area (Å²) in [6.07, 6.45) is -0.784. The minimum Gasteiger partial charge on any atom is -0.297 e. The standard InChI is InChI=1S/C28H28F3N7O/c29-28(30,31)22-9-4-8-21(16-22)25-23-17-32-27(37-10-5-11-38(34-25)26(23)37)33-24(39)19-36-14-12-35(13-15-36)18-20-6-2-1-3-7-20/h1-9,11,16H,10,12-15,17-19H2,(H,32,33,39). The van der Waals surface area contributed by atoms with E-state index in [1.54, 1.807) is 16.9 Å². The molecule has 0 saturated carbocycles. The predicted octanol–water partition coefficient (Wildman–Crippen LogP) is 3.66. The molecule has 1 aromatic heterocycles. The number of carbonyl (C=O) groups is 1. The van der Waals surface area contributed by atoms with Crippen molar-refractivity contribution in [3.05, 3.63) is 77.4 Å². The molecule has 1 N–H and O–H groups in total. The van der Waals surface area contributed by atoms with Gasteiger partial charge in [-0.3, -0.25) is 24.8 Å². The molecule has 39 heavy (non-hydrogen) atoms. The largest absolute Gasteiger partial charge is 0.416 e. The van der Waals surface area contributed by atoms with Gasteiger partial charge in [-0.25, -0.2) is 9.67 Å². The van der Waals surface area contributed by atoms with Gasteiger partial charge < -0.3 is 0 Å². The van der Waals surface area contributed by atoms with Crippen LogP contribution in [-0.4, -0.2) is 70.7 Å². The number of piperazine rings is 1. The summed E-state index contributed by atoms with van der Waals surface area (Å²) in [4.78, 5) is 23.9. The van der Waals surface area contributed by atoms with Gasteiger partial charge in [0.1, 0.15) is 11.5 Å². The summed E-state index contributed by atoms with van der Waals surface area (Å²) in [6.45, 7) is 5.23. The Hall–Kier alpha value is -3.96. The van der Waals surface area contributed by atoms with E-state index in [9.17, 15) is 18.0 Å². The number of aromatic nitrogens is 2. The van der Waals surface area contributed by atoms with Crippen molar-refractivity contribution in [1.29, 1.82) is 0 Å². The molecule has 3 aromatic rings. The van der Waals surface area contributed by atoms with E-state index in [1.165, 1.54) is 11.6 Å². The second kappa shape index (κ2) is 10.3. The molecule has 0 spiro atoms. The van der Waals surface area contributed by atoms with Gasteiger partial charge in [-0.05, 0) is 23.8 Å². The summed E-state index contributed by atoms with van der Waals surface area (Å²) in [5.74, 6) is 0.994. The summed E-state index contributed by atoms with van der Waals surface area (Å²) in [5, 5.41) is 7.53. The number of nitrogens with one attached hydrogen (secondary N) is 1. The minimum absolute atomic E-state index is 0.146. The number of halogens is 3. The first-order valence-corrected chi connectivity index (χ1v) is 12.9. The lowest BCUT2D eigenvalue weighted by Crippen LogP contribution is -2.53.